The summed E-state index contributed by atoms with van der Waals surface area (Å²) in [6, 6.07) is 1.57. The minimum atomic E-state index is 0.355. The Kier molecular flexibility index (Phi) is 5.07. The van der Waals surface area contributed by atoms with E-state index in [0.29, 0.717) is 6.61 Å². The van der Waals surface area contributed by atoms with Gasteiger partial charge >= 0.3 is 0 Å². The first-order valence-corrected chi connectivity index (χ1v) is 7.00. The van der Waals surface area contributed by atoms with Gasteiger partial charge in [-0.3, -0.25) is 4.90 Å². The summed E-state index contributed by atoms with van der Waals surface area (Å²) in [5.74, 6) is 0. The van der Waals surface area contributed by atoms with Crippen LogP contribution in [0.4, 0.5) is 0 Å². The third kappa shape index (κ3) is 3.19. The third-order valence-corrected chi connectivity index (χ3v) is 4.08. The van der Waals surface area contributed by atoms with Gasteiger partial charge < -0.3 is 10.4 Å². The van der Waals surface area contributed by atoms with E-state index in [2.05, 4.69) is 10.2 Å². The van der Waals surface area contributed by atoms with Gasteiger partial charge in [0.25, 0.3) is 0 Å². The fourth-order valence-electron chi connectivity index (χ4n) is 3.23. The molecule has 16 heavy (non-hydrogen) atoms. The lowest BCUT2D eigenvalue weighted by atomic mass is 10.0. The summed E-state index contributed by atoms with van der Waals surface area (Å²) in [4.78, 5) is 2.68. The van der Waals surface area contributed by atoms with Crippen LogP contribution in [-0.2, 0) is 0 Å². The van der Waals surface area contributed by atoms with Crippen molar-refractivity contribution in [1.82, 2.24) is 10.2 Å². The highest BCUT2D eigenvalue weighted by Gasteiger charge is 2.32. The standard InChI is InChI=1S/C13H26N2O/c16-11-3-1-2-9-15-10-5-7-13(15)12-6-4-8-14-12/h12-14,16H,1-11H2. The van der Waals surface area contributed by atoms with E-state index >= 15 is 0 Å². The Morgan fingerprint density at radius 1 is 1.12 bits per heavy atom. The van der Waals surface area contributed by atoms with E-state index in [0.717, 1.165) is 18.5 Å². The zero-order chi connectivity index (χ0) is 11.2. The molecule has 0 aromatic carbocycles. The highest BCUT2D eigenvalue weighted by atomic mass is 16.2. The molecule has 3 heteroatoms. The number of hydrogen-bond donors (Lipinski definition) is 2. The molecule has 0 bridgehead atoms. The summed E-state index contributed by atoms with van der Waals surface area (Å²) in [7, 11) is 0. The molecule has 2 saturated heterocycles. The SMILES string of the molecule is OCCCCCN1CCCC1C1CCCN1. The van der Waals surface area contributed by atoms with E-state index in [-0.39, 0.29) is 0 Å². The molecule has 0 saturated carbocycles. The Hall–Kier alpha value is -0.120. The zero-order valence-electron chi connectivity index (χ0n) is 10.3. The number of hydrogen-bond acceptors (Lipinski definition) is 3. The van der Waals surface area contributed by atoms with Crippen molar-refractivity contribution in [3.8, 4) is 0 Å². The van der Waals surface area contributed by atoms with Gasteiger partial charge in [0.2, 0.25) is 0 Å². The number of rotatable bonds is 6. The second-order valence-electron chi connectivity index (χ2n) is 5.23. The molecule has 0 aliphatic carbocycles. The summed E-state index contributed by atoms with van der Waals surface area (Å²) >= 11 is 0. The molecule has 94 valence electrons. The largest absolute Gasteiger partial charge is 0.396 e. The number of nitrogens with zero attached hydrogens (tertiary/aromatic N) is 1. The van der Waals surface area contributed by atoms with Crippen LogP contribution in [0.2, 0.25) is 0 Å². The van der Waals surface area contributed by atoms with Gasteiger partial charge in [0.15, 0.2) is 0 Å². The van der Waals surface area contributed by atoms with E-state index in [9.17, 15) is 0 Å². The number of aliphatic hydroxyl groups is 1. The van der Waals surface area contributed by atoms with Gasteiger partial charge in [-0.05, 0) is 64.6 Å². The van der Waals surface area contributed by atoms with Gasteiger partial charge in [0, 0.05) is 18.7 Å². The Morgan fingerprint density at radius 3 is 2.81 bits per heavy atom. The van der Waals surface area contributed by atoms with Crippen molar-refractivity contribution < 1.29 is 5.11 Å². The summed E-state index contributed by atoms with van der Waals surface area (Å²) in [5.41, 5.74) is 0. The zero-order valence-corrected chi connectivity index (χ0v) is 10.3. The fraction of sp³-hybridized carbons (Fsp3) is 1.00. The minimum absolute atomic E-state index is 0.355. The smallest absolute Gasteiger partial charge is 0.0431 e. The second-order valence-corrected chi connectivity index (χ2v) is 5.23. The van der Waals surface area contributed by atoms with Crippen molar-refractivity contribution in [3.63, 3.8) is 0 Å². The predicted octanol–water partition coefficient (Wildman–Crippen LogP) is 1.37. The Balaban J connectivity index is 1.70. The summed E-state index contributed by atoms with van der Waals surface area (Å²) in [5, 5.41) is 12.4. The molecular weight excluding hydrogens is 200 g/mol. The number of likely N-dealkylation sites (tertiary alicyclic amines) is 1. The van der Waals surface area contributed by atoms with Crippen LogP contribution >= 0.6 is 0 Å². The molecule has 2 heterocycles. The number of aliphatic hydroxyl groups excluding tert-OH is 1. The maximum atomic E-state index is 8.76. The van der Waals surface area contributed by atoms with Gasteiger partial charge in [-0.15, -0.1) is 0 Å². The maximum Gasteiger partial charge on any atom is 0.0431 e. The monoisotopic (exact) mass is 226 g/mol. The number of nitrogens with one attached hydrogen (secondary N) is 1. The van der Waals surface area contributed by atoms with Crippen LogP contribution in [0.5, 0.6) is 0 Å². The summed E-state index contributed by atoms with van der Waals surface area (Å²) in [6.45, 7) is 4.11. The molecule has 0 amide bonds. The predicted molar refractivity (Wildman–Crippen MR) is 66.6 cm³/mol. The van der Waals surface area contributed by atoms with Crippen molar-refractivity contribution in [2.75, 3.05) is 26.2 Å². The first kappa shape index (κ1) is 12.3. The van der Waals surface area contributed by atoms with Crippen LogP contribution in [-0.4, -0.2) is 48.3 Å². The normalized spacial score (nSPS) is 31.3. The molecule has 2 unspecified atom stereocenters. The minimum Gasteiger partial charge on any atom is -0.396 e. The Bertz CT molecular complexity index is 192. The van der Waals surface area contributed by atoms with Crippen molar-refractivity contribution >= 4 is 0 Å². The van der Waals surface area contributed by atoms with Crippen LogP contribution in [0.1, 0.15) is 44.9 Å². The first-order chi connectivity index (χ1) is 7.92. The second kappa shape index (κ2) is 6.58. The van der Waals surface area contributed by atoms with E-state index in [4.69, 9.17) is 5.11 Å². The van der Waals surface area contributed by atoms with Crippen molar-refractivity contribution in [2.45, 2.75) is 57.0 Å². The van der Waals surface area contributed by atoms with Gasteiger partial charge in [0.1, 0.15) is 0 Å². The van der Waals surface area contributed by atoms with Gasteiger partial charge in [-0.1, -0.05) is 0 Å². The average molecular weight is 226 g/mol. The molecule has 2 N–H and O–H groups in total. The maximum absolute atomic E-state index is 8.76. The van der Waals surface area contributed by atoms with E-state index in [1.54, 1.807) is 0 Å². The topological polar surface area (TPSA) is 35.5 Å². The quantitative estimate of drug-likeness (QED) is 0.671. The van der Waals surface area contributed by atoms with E-state index in [1.165, 1.54) is 58.2 Å². The lowest BCUT2D eigenvalue weighted by molar-refractivity contribution is 0.206. The highest BCUT2D eigenvalue weighted by Crippen LogP contribution is 2.24. The molecule has 2 fully saturated rings. The van der Waals surface area contributed by atoms with E-state index in [1.807, 2.05) is 0 Å². The van der Waals surface area contributed by atoms with Crippen molar-refractivity contribution in [3.05, 3.63) is 0 Å². The molecule has 0 radical (unpaired) electrons. The molecule has 0 spiro atoms. The molecule has 2 atom stereocenters. The van der Waals surface area contributed by atoms with Crippen LogP contribution in [0, 0.1) is 0 Å². The molecule has 0 aromatic heterocycles. The number of unbranched alkanes of at least 4 members (excludes halogenated alkanes) is 2. The molecular formula is C13H26N2O. The molecule has 3 nitrogen and oxygen atoms in total. The lowest BCUT2D eigenvalue weighted by Gasteiger charge is -2.29. The van der Waals surface area contributed by atoms with Gasteiger partial charge in [0.05, 0.1) is 0 Å². The lowest BCUT2D eigenvalue weighted by Crippen LogP contribution is -2.44. The fourth-order valence-corrected chi connectivity index (χ4v) is 3.23. The van der Waals surface area contributed by atoms with Gasteiger partial charge in [-0.25, -0.2) is 0 Å². The summed E-state index contributed by atoms with van der Waals surface area (Å²) < 4.78 is 0. The third-order valence-electron chi connectivity index (χ3n) is 4.08. The van der Waals surface area contributed by atoms with Crippen LogP contribution in [0.25, 0.3) is 0 Å². The van der Waals surface area contributed by atoms with Crippen molar-refractivity contribution in [2.24, 2.45) is 0 Å². The van der Waals surface area contributed by atoms with Crippen LogP contribution in [0.15, 0.2) is 0 Å². The highest BCUT2D eigenvalue weighted by molar-refractivity contribution is 4.91. The average Bonchev–Trinajstić information content (AvgIpc) is 2.94. The van der Waals surface area contributed by atoms with E-state index < -0.39 is 0 Å². The summed E-state index contributed by atoms with van der Waals surface area (Å²) in [6.07, 6.45) is 8.90. The molecule has 2 aliphatic heterocycles. The van der Waals surface area contributed by atoms with Crippen LogP contribution in [0.3, 0.4) is 0 Å². The Labute approximate surface area is 99.2 Å². The Morgan fingerprint density at radius 2 is 2.06 bits per heavy atom. The first-order valence-electron chi connectivity index (χ1n) is 7.00. The molecule has 0 aromatic rings. The van der Waals surface area contributed by atoms with Crippen molar-refractivity contribution in [1.29, 1.82) is 0 Å². The molecule has 2 aliphatic rings. The van der Waals surface area contributed by atoms with Gasteiger partial charge in [-0.2, -0.15) is 0 Å². The van der Waals surface area contributed by atoms with Crippen LogP contribution < -0.4 is 5.32 Å². The molecule has 2 rings (SSSR count).